The number of thioether (sulfide) groups is 1. The number of nitrogen functional groups attached to an aromatic ring is 1. The van der Waals surface area contributed by atoms with Crippen molar-refractivity contribution in [3.05, 3.63) is 0 Å². The zero-order valence-electron chi connectivity index (χ0n) is 8.83. The van der Waals surface area contributed by atoms with E-state index in [9.17, 15) is 9.59 Å². The number of likely N-dealkylation sites (tertiary alicyclic amines) is 1. The molecule has 3 rings (SSSR count). The first kappa shape index (κ1) is 11.0. The monoisotopic (exact) mass is 270 g/mol. The van der Waals surface area contributed by atoms with Gasteiger partial charge < -0.3 is 5.73 Å². The summed E-state index contributed by atoms with van der Waals surface area (Å²) >= 11 is 2.53. The van der Waals surface area contributed by atoms with Gasteiger partial charge in [-0.15, -0.1) is 10.2 Å². The third-order valence-electron chi connectivity index (χ3n) is 2.72. The number of imide groups is 1. The Bertz CT molecular complexity index is 485. The van der Waals surface area contributed by atoms with Gasteiger partial charge in [-0.05, 0) is 12.8 Å². The van der Waals surface area contributed by atoms with Gasteiger partial charge in [0.1, 0.15) is 0 Å². The Morgan fingerprint density at radius 3 is 2.71 bits per heavy atom. The molecule has 1 atom stereocenters. The molecule has 2 fully saturated rings. The third kappa shape index (κ3) is 2.02. The lowest BCUT2D eigenvalue weighted by Gasteiger charge is -2.12. The predicted octanol–water partition coefficient (Wildman–Crippen LogP) is 0.502. The largest absolute Gasteiger partial charge is 0.374 e. The van der Waals surface area contributed by atoms with Crippen molar-refractivity contribution in [1.82, 2.24) is 15.1 Å². The maximum Gasteiger partial charge on any atom is 0.243 e. The summed E-state index contributed by atoms with van der Waals surface area (Å²) in [6, 6.07) is 0.153. The number of carbonyl (C=O) groups is 2. The molecule has 1 aliphatic carbocycles. The normalized spacial score (nSPS) is 24.7. The van der Waals surface area contributed by atoms with Gasteiger partial charge in [0.2, 0.25) is 16.9 Å². The van der Waals surface area contributed by atoms with Crippen molar-refractivity contribution in [2.75, 3.05) is 5.73 Å². The van der Waals surface area contributed by atoms with Crippen molar-refractivity contribution in [2.45, 2.75) is 34.9 Å². The van der Waals surface area contributed by atoms with Crippen molar-refractivity contribution in [2.24, 2.45) is 0 Å². The SMILES string of the molecule is Nc1nnc(SC2CC(=O)N(C3CC3)C2=O)s1. The highest BCUT2D eigenvalue weighted by Gasteiger charge is 2.46. The highest BCUT2D eigenvalue weighted by Crippen LogP contribution is 2.38. The topological polar surface area (TPSA) is 89.2 Å². The Kier molecular flexibility index (Phi) is 2.55. The van der Waals surface area contributed by atoms with E-state index < -0.39 is 0 Å². The maximum atomic E-state index is 12.0. The van der Waals surface area contributed by atoms with Crippen LogP contribution in [0.1, 0.15) is 19.3 Å². The molecular formula is C9H10N4O2S2. The van der Waals surface area contributed by atoms with Crippen LogP contribution in [0.4, 0.5) is 5.13 Å². The summed E-state index contributed by atoms with van der Waals surface area (Å²) in [5, 5.41) is 7.56. The predicted molar refractivity (Wildman–Crippen MR) is 63.5 cm³/mol. The summed E-state index contributed by atoms with van der Waals surface area (Å²) in [5.74, 6) is -0.149. The molecule has 8 heteroatoms. The van der Waals surface area contributed by atoms with Crippen LogP contribution in [0.5, 0.6) is 0 Å². The summed E-state index contributed by atoms with van der Waals surface area (Å²) in [4.78, 5) is 25.1. The van der Waals surface area contributed by atoms with Crippen molar-refractivity contribution in [1.29, 1.82) is 0 Å². The molecular weight excluding hydrogens is 260 g/mol. The second-order valence-corrected chi connectivity index (χ2v) is 6.51. The van der Waals surface area contributed by atoms with Gasteiger partial charge in [-0.2, -0.15) is 0 Å². The molecule has 0 aromatic carbocycles. The van der Waals surface area contributed by atoms with Crippen molar-refractivity contribution in [3.63, 3.8) is 0 Å². The van der Waals surface area contributed by atoms with Gasteiger partial charge in [0, 0.05) is 12.5 Å². The minimum Gasteiger partial charge on any atom is -0.374 e. The summed E-state index contributed by atoms with van der Waals surface area (Å²) < 4.78 is 0.645. The highest BCUT2D eigenvalue weighted by atomic mass is 32.2. The number of nitrogens with two attached hydrogens (primary N) is 1. The van der Waals surface area contributed by atoms with Crippen LogP contribution >= 0.6 is 23.1 Å². The number of hydrogen-bond donors (Lipinski definition) is 1. The molecule has 2 aliphatic rings. The molecule has 2 heterocycles. The van der Waals surface area contributed by atoms with Gasteiger partial charge in [0.15, 0.2) is 4.34 Å². The number of amides is 2. The Morgan fingerprint density at radius 2 is 2.12 bits per heavy atom. The van der Waals surface area contributed by atoms with E-state index in [1.54, 1.807) is 0 Å². The molecule has 1 unspecified atom stereocenters. The third-order valence-corrected chi connectivity index (χ3v) is 4.74. The lowest BCUT2D eigenvalue weighted by Crippen LogP contribution is -2.33. The van der Waals surface area contributed by atoms with Crippen LogP contribution in [0, 0.1) is 0 Å². The van der Waals surface area contributed by atoms with Crippen LogP contribution in [0.15, 0.2) is 4.34 Å². The van der Waals surface area contributed by atoms with Crippen LogP contribution in [0.25, 0.3) is 0 Å². The molecule has 0 spiro atoms. The molecule has 2 N–H and O–H groups in total. The summed E-state index contributed by atoms with van der Waals surface area (Å²) in [6.45, 7) is 0. The van der Waals surface area contributed by atoms with E-state index in [-0.39, 0.29) is 29.5 Å². The van der Waals surface area contributed by atoms with Crippen LogP contribution in [0.3, 0.4) is 0 Å². The van der Waals surface area contributed by atoms with E-state index in [1.165, 1.54) is 28.0 Å². The molecule has 1 saturated heterocycles. The van der Waals surface area contributed by atoms with E-state index in [1.807, 2.05) is 0 Å². The molecule has 1 aromatic rings. The first-order valence-corrected chi connectivity index (χ1v) is 6.96. The van der Waals surface area contributed by atoms with Crippen molar-refractivity contribution >= 4 is 40.0 Å². The number of aromatic nitrogens is 2. The van der Waals surface area contributed by atoms with E-state index >= 15 is 0 Å². The van der Waals surface area contributed by atoms with Gasteiger partial charge in [0.25, 0.3) is 0 Å². The lowest BCUT2D eigenvalue weighted by molar-refractivity contribution is -0.138. The minimum atomic E-state index is -0.351. The average molecular weight is 270 g/mol. The lowest BCUT2D eigenvalue weighted by atomic mass is 10.4. The molecule has 17 heavy (non-hydrogen) atoms. The van der Waals surface area contributed by atoms with Crippen LogP contribution in [-0.4, -0.2) is 38.2 Å². The highest BCUT2D eigenvalue weighted by molar-refractivity contribution is 8.02. The van der Waals surface area contributed by atoms with Crippen molar-refractivity contribution in [3.8, 4) is 0 Å². The van der Waals surface area contributed by atoms with Crippen LogP contribution < -0.4 is 5.73 Å². The Balaban J connectivity index is 1.72. The Labute approximate surface area is 106 Å². The number of carbonyl (C=O) groups excluding carboxylic acids is 2. The first-order chi connectivity index (χ1) is 8.15. The zero-order chi connectivity index (χ0) is 12.0. The minimum absolute atomic E-state index is 0.0625. The summed E-state index contributed by atoms with van der Waals surface area (Å²) in [5.41, 5.74) is 5.47. The number of rotatable bonds is 3. The summed E-state index contributed by atoms with van der Waals surface area (Å²) in [7, 11) is 0. The van der Waals surface area contributed by atoms with Gasteiger partial charge in [0.05, 0.1) is 5.25 Å². The molecule has 0 radical (unpaired) electrons. The second kappa shape index (κ2) is 3.95. The molecule has 1 saturated carbocycles. The molecule has 2 amide bonds. The first-order valence-electron chi connectivity index (χ1n) is 5.26. The average Bonchev–Trinajstić information content (AvgIpc) is 2.96. The zero-order valence-corrected chi connectivity index (χ0v) is 10.5. The smallest absolute Gasteiger partial charge is 0.243 e. The molecule has 0 bridgehead atoms. The number of anilines is 1. The Hall–Kier alpha value is -1.15. The second-order valence-electron chi connectivity index (χ2n) is 4.05. The molecule has 1 aromatic heterocycles. The fourth-order valence-corrected chi connectivity index (χ4v) is 3.73. The summed E-state index contributed by atoms with van der Waals surface area (Å²) in [6.07, 6.45) is 2.15. The van der Waals surface area contributed by atoms with Gasteiger partial charge in [-0.1, -0.05) is 23.1 Å². The van der Waals surface area contributed by atoms with E-state index in [4.69, 9.17) is 5.73 Å². The maximum absolute atomic E-state index is 12.0. The molecule has 6 nitrogen and oxygen atoms in total. The van der Waals surface area contributed by atoms with Gasteiger partial charge >= 0.3 is 0 Å². The van der Waals surface area contributed by atoms with Crippen molar-refractivity contribution < 1.29 is 9.59 Å². The van der Waals surface area contributed by atoms with E-state index in [0.717, 1.165) is 12.8 Å². The molecule has 90 valence electrons. The molecule has 1 aliphatic heterocycles. The van der Waals surface area contributed by atoms with Crippen LogP contribution in [-0.2, 0) is 9.59 Å². The number of hydrogen-bond acceptors (Lipinski definition) is 7. The van der Waals surface area contributed by atoms with Crippen LogP contribution in [0.2, 0.25) is 0 Å². The van der Waals surface area contributed by atoms with E-state index in [0.29, 0.717) is 9.47 Å². The standard InChI is InChI=1S/C9H10N4O2S2/c10-8-11-12-9(17-8)16-5-3-6(14)13(7(5)15)4-1-2-4/h4-5H,1-3H2,(H2,10,11). The van der Waals surface area contributed by atoms with Gasteiger partial charge in [-0.25, -0.2) is 0 Å². The van der Waals surface area contributed by atoms with E-state index in [2.05, 4.69) is 10.2 Å². The fraction of sp³-hybridized carbons (Fsp3) is 0.556. The Morgan fingerprint density at radius 1 is 1.35 bits per heavy atom. The quantitative estimate of drug-likeness (QED) is 0.805. The van der Waals surface area contributed by atoms with Gasteiger partial charge in [-0.3, -0.25) is 14.5 Å². The fourth-order valence-electron chi connectivity index (χ4n) is 1.82. The number of nitrogens with zero attached hydrogens (tertiary/aromatic N) is 3.